The van der Waals surface area contributed by atoms with Gasteiger partial charge in [-0.2, -0.15) is 0 Å². The first-order valence-electron chi connectivity index (χ1n) is 4.15. The first-order valence-corrected chi connectivity index (χ1v) is 4.15. The molecule has 0 radical (unpaired) electrons. The Hall–Kier alpha value is -1.42. The summed E-state index contributed by atoms with van der Waals surface area (Å²) in [5, 5.41) is 12.7. The monoisotopic (exact) mass is 178 g/mol. The van der Waals surface area contributed by atoms with Gasteiger partial charge in [0.2, 0.25) is 0 Å². The third-order valence-electron chi connectivity index (χ3n) is 1.90. The van der Waals surface area contributed by atoms with E-state index in [4.69, 9.17) is 9.94 Å². The van der Waals surface area contributed by atoms with Gasteiger partial charge >= 0.3 is 0 Å². The molecule has 0 aromatic carbocycles. The molecule has 1 aromatic rings. The lowest BCUT2D eigenvalue weighted by Crippen LogP contribution is -2.13. The van der Waals surface area contributed by atoms with Crippen molar-refractivity contribution in [1.29, 1.82) is 0 Å². The Balaban J connectivity index is 2.12. The molecule has 1 aromatic heterocycles. The van der Waals surface area contributed by atoms with Crippen LogP contribution in [0.25, 0.3) is 0 Å². The Kier molecular flexibility index (Phi) is 2.23. The summed E-state index contributed by atoms with van der Waals surface area (Å²) in [7, 11) is 0. The summed E-state index contributed by atoms with van der Waals surface area (Å²) < 4.78 is 0. The van der Waals surface area contributed by atoms with Gasteiger partial charge in [-0.25, -0.2) is 0 Å². The fourth-order valence-electron chi connectivity index (χ4n) is 1.21. The maximum atomic E-state index is 8.81. The van der Waals surface area contributed by atoms with Crippen LogP contribution in [0, 0.1) is 0 Å². The Bertz CT molecular complexity index is 311. The van der Waals surface area contributed by atoms with Gasteiger partial charge in [-0.05, 0) is 12.1 Å². The largest absolute Gasteiger partial charge is 0.392 e. The van der Waals surface area contributed by atoms with Crippen LogP contribution in [-0.4, -0.2) is 28.5 Å². The number of oxime groups is 1. The van der Waals surface area contributed by atoms with Gasteiger partial charge in [0.05, 0.1) is 12.3 Å². The van der Waals surface area contributed by atoms with E-state index in [1.54, 1.807) is 6.20 Å². The lowest BCUT2D eigenvalue weighted by Gasteiger charge is -2.00. The van der Waals surface area contributed by atoms with Gasteiger partial charge in [0.1, 0.15) is 5.71 Å². The Labute approximate surface area is 75.9 Å². The van der Waals surface area contributed by atoms with Gasteiger partial charge in [-0.3, -0.25) is 4.98 Å². The zero-order valence-corrected chi connectivity index (χ0v) is 7.05. The van der Waals surface area contributed by atoms with Crippen molar-refractivity contribution < 1.29 is 9.94 Å². The van der Waals surface area contributed by atoms with Crippen molar-refractivity contribution in [3.63, 3.8) is 0 Å². The van der Waals surface area contributed by atoms with E-state index >= 15 is 0 Å². The first kappa shape index (κ1) is 8.19. The number of aromatic nitrogens is 1. The number of aliphatic hydroxyl groups is 1. The van der Waals surface area contributed by atoms with Crippen molar-refractivity contribution in [3.8, 4) is 0 Å². The summed E-state index contributed by atoms with van der Waals surface area (Å²) in [6.07, 6.45) is 2.15. The molecule has 0 aliphatic carbocycles. The smallest absolute Gasteiger partial charge is 0.156 e. The van der Waals surface area contributed by atoms with E-state index in [1.165, 1.54) is 0 Å². The summed E-state index contributed by atoms with van der Waals surface area (Å²) in [6.45, 7) is -0.000165. The molecule has 0 spiro atoms. The molecule has 0 fully saturated rings. The van der Waals surface area contributed by atoms with E-state index < -0.39 is 0 Å². The number of hydrogen-bond acceptors (Lipinski definition) is 4. The van der Waals surface area contributed by atoms with E-state index in [2.05, 4.69) is 10.1 Å². The maximum absolute atomic E-state index is 8.81. The minimum atomic E-state index is -0.197. The second-order valence-electron chi connectivity index (χ2n) is 2.87. The normalized spacial score (nSPS) is 21.0. The molecule has 4 heteroatoms. The van der Waals surface area contributed by atoms with Crippen LogP contribution in [-0.2, 0) is 4.84 Å². The molecule has 1 atom stereocenters. The third kappa shape index (κ3) is 1.67. The van der Waals surface area contributed by atoms with Crippen LogP contribution >= 0.6 is 0 Å². The first-order chi connectivity index (χ1) is 6.40. The zero-order chi connectivity index (χ0) is 9.10. The highest BCUT2D eigenvalue weighted by atomic mass is 16.6. The second kappa shape index (κ2) is 3.53. The Morgan fingerprint density at radius 3 is 3.08 bits per heavy atom. The van der Waals surface area contributed by atoms with Gasteiger partial charge < -0.3 is 9.94 Å². The summed E-state index contributed by atoms with van der Waals surface area (Å²) >= 11 is 0. The van der Waals surface area contributed by atoms with Gasteiger partial charge in [0, 0.05) is 12.6 Å². The highest BCUT2D eigenvalue weighted by Gasteiger charge is 2.21. The minimum absolute atomic E-state index is 0.000165. The SMILES string of the molecule is OC[C@@H]1CC(c2ccccn2)=NO1. The highest BCUT2D eigenvalue weighted by Crippen LogP contribution is 2.14. The molecule has 0 saturated heterocycles. The van der Waals surface area contributed by atoms with Crippen LogP contribution < -0.4 is 0 Å². The predicted octanol–water partition coefficient (Wildman–Crippen LogP) is 0.567. The fraction of sp³-hybridized carbons (Fsp3) is 0.333. The number of nitrogens with zero attached hydrogens (tertiary/aromatic N) is 2. The molecule has 2 rings (SSSR count). The van der Waals surface area contributed by atoms with Crippen LogP contribution in [0.2, 0.25) is 0 Å². The van der Waals surface area contributed by atoms with Crippen molar-refractivity contribution in [2.45, 2.75) is 12.5 Å². The summed E-state index contributed by atoms with van der Waals surface area (Å²) in [6, 6.07) is 5.63. The number of pyridine rings is 1. The third-order valence-corrected chi connectivity index (χ3v) is 1.90. The summed E-state index contributed by atoms with van der Waals surface area (Å²) in [4.78, 5) is 9.10. The molecule has 68 valence electrons. The van der Waals surface area contributed by atoms with Crippen molar-refractivity contribution in [1.82, 2.24) is 4.98 Å². The average Bonchev–Trinajstić information content (AvgIpc) is 2.67. The van der Waals surface area contributed by atoms with Crippen molar-refractivity contribution in [3.05, 3.63) is 30.1 Å². The maximum Gasteiger partial charge on any atom is 0.156 e. The number of hydrogen-bond donors (Lipinski definition) is 1. The van der Waals surface area contributed by atoms with Crippen molar-refractivity contribution in [2.24, 2.45) is 5.16 Å². The molecule has 0 bridgehead atoms. The standard InChI is InChI=1S/C9H10N2O2/c12-6-7-5-9(11-13-7)8-3-1-2-4-10-8/h1-4,7,12H,5-6H2/t7-/m0/s1. The zero-order valence-electron chi connectivity index (χ0n) is 7.05. The molecule has 4 nitrogen and oxygen atoms in total. The molecule has 2 heterocycles. The Morgan fingerprint density at radius 2 is 2.46 bits per heavy atom. The molecule has 1 N–H and O–H groups in total. The minimum Gasteiger partial charge on any atom is -0.392 e. The van der Waals surface area contributed by atoms with Gasteiger partial charge in [-0.1, -0.05) is 11.2 Å². The number of rotatable bonds is 2. The van der Waals surface area contributed by atoms with Crippen LogP contribution in [0.4, 0.5) is 0 Å². The van der Waals surface area contributed by atoms with Crippen LogP contribution in [0.15, 0.2) is 29.6 Å². The molecule has 0 saturated carbocycles. The van der Waals surface area contributed by atoms with Crippen LogP contribution in [0.3, 0.4) is 0 Å². The number of aliphatic hydroxyl groups excluding tert-OH is 1. The second-order valence-corrected chi connectivity index (χ2v) is 2.87. The van der Waals surface area contributed by atoms with Gasteiger partial charge in [-0.15, -0.1) is 0 Å². The van der Waals surface area contributed by atoms with Gasteiger partial charge in [0.15, 0.2) is 6.10 Å². The fourth-order valence-corrected chi connectivity index (χ4v) is 1.21. The van der Waals surface area contributed by atoms with E-state index in [1.807, 2.05) is 18.2 Å². The lowest BCUT2D eigenvalue weighted by atomic mass is 10.1. The highest BCUT2D eigenvalue weighted by molar-refractivity contribution is 5.99. The van der Waals surface area contributed by atoms with E-state index in [-0.39, 0.29) is 12.7 Å². The molecular weight excluding hydrogens is 168 g/mol. The molecule has 13 heavy (non-hydrogen) atoms. The van der Waals surface area contributed by atoms with E-state index in [9.17, 15) is 0 Å². The molecule has 0 amide bonds. The average molecular weight is 178 g/mol. The van der Waals surface area contributed by atoms with Gasteiger partial charge in [0.25, 0.3) is 0 Å². The van der Waals surface area contributed by atoms with Crippen molar-refractivity contribution >= 4 is 5.71 Å². The van der Waals surface area contributed by atoms with Crippen molar-refractivity contribution in [2.75, 3.05) is 6.61 Å². The summed E-state index contributed by atoms with van der Waals surface area (Å²) in [5.74, 6) is 0. The quantitative estimate of drug-likeness (QED) is 0.720. The summed E-state index contributed by atoms with van der Waals surface area (Å²) in [5.41, 5.74) is 1.62. The molecular formula is C9H10N2O2. The predicted molar refractivity (Wildman–Crippen MR) is 47.3 cm³/mol. The van der Waals surface area contributed by atoms with E-state index in [0.29, 0.717) is 6.42 Å². The topological polar surface area (TPSA) is 54.7 Å². The van der Waals surface area contributed by atoms with Crippen LogP contribution in [0.1, 0.15) is 12.1 Å². The molecule has 1 aliphatic heterocycles. The molecule has 0 unspecified atom stereocenters. The lowest BCUT2D eigenvalue weighted by molar-refractivity contribution is 0.0390. The Morgan fingerprint density at radius 1 is 1.54 bits per heavy atom. The van der Waals surface area contributed by atoms with Crippen LogP contribution in [0.5, 0.6) is 0 Å². The molecule has 1 aliphatic rings. The van der Waals surface area contributed by atoms with E-state index in [0.717, 1.165) is 11.4 Å².